The van der Waals surface area contributed by atoms with Crippen LogP contribution in [0.2, 0.25) is 0 Å². The quantitative estimate of drug-likeness (QED) is 0.680. The van der Waals surface area contributed by atoms with Crippen molar-refractivity contribution in [3.05, 3.63) is 35.4 Å². The number of carbonyl (C=O) groups excluding carboxylic acids is 1. The first-order valence-corrected chi connectivity index (χ1v) is 7.75. The van der Waals surface area contributed by atoms with Crippen LogP contribution in [0.5, 0.6) is 0 Å². The second-order valence-electron chi connectivity index (χ2n) is 5.34. The number of nitrogens with two attached hydrogens (primary N) is 1. The van der Waals surface area contributed by atoms with Crippen LogP contribution < -0.4 is 11.1 Å². The summed E-state index contributed by atoms with van der Waals surface area (Å²) in [4.78, 5) is 11.8. The molecule has 0 aromatic heterocycles. The summed E-state index contributed by atoms with van der Waals surface area (Å²) < 4.78 is 0. The molecule has 1 rings (SSSR count). The summed E-state index contributed by atoms with van der Waals surface area (Å²) in [7, 11) is 0. The molecule has 0 bridgehead atoms. The summed E-state index contributed by atoms with van der Waals surface area (Å²) in [5.41, 5.74) is 7.93. The minimum Gasteiger partial charge on any atom is -0.350 e. The second-order valence-corrected chi connectivity index (χ2v) is 5.34. The topological polar surface area (TPSA) is 55.1 Å². The van der Waals surface area contributed by atoms with E-state index in [1.807, 2.05) is 6.92 Å². The molecule has 0 aliphatic heterocycles. The van der Waals surface area contributed by atoms with Crippen LogP contribution in [-0.4, -0.2) is 12.5 Å². The molecule has 0 saturated carbocycles. The van der Waals surface area contributed by atoms with E-state index in [0.29, 0.717) is 6.42 Å². The number of hydrogen-bond donors (Lipinski definition) is 2. The van der Waals surface area contributed by atoms with Crippen LogP contribution in [0.4, 0.5) is 0 Å². The van der Waals surface area contributed by atoms with Crippen molar-refractivity contribution >= 4 is 5.91 Å². The number of hydrogen-bond acceptors (Lipinski definition) is 2. The third-order valence-electron chi connectivity index (χ3n) is 3.62. The van der Waals surface area contributed by atoms with Gasteiger partial charge in [-0.05, 0) is 43.9 Å². The third kappa shape index (κ3) is 6.20. The van der Waals surface area contributed by atoms with Gasteiger partial charge in [0.25, 0.3) is 0 Å². The molecule has 20 heavy (non-hydrogen) atoms. The highest BCUT2D eigenvalue weighted by molar-refractivity contribution is 5.76. The maximum atomic E-state index is 11.8. The first-order valence-electron chi connectivity index (χ1n) is 7.75. The standard InChI is InChI=1S/C17H28N2O/c1-3-15-9-11-16(12-10-15)14(2)19-17(20)8-6-4-5-7-13-18/h9-12,14H,3-8,13,18H2,1-2H3,(H,19,20). The van der Waals surface area contributed by atoms with E-state index < -0.39 is 0 Å². The van der Waals surface area contributed by atoms with Crippen LogP contribution in [0, 0.1) is 0 Å². The van der Waals surface area contributed by atoms with E-state index in [9.17, 15) is 4.79 Å². The molecule has 0 spiro atoms. The van der Waals surface area contributed by atoms with Gasteiger partial charge >= 0.3 is 0 Å². The first-order chi connectivity index (χ1) is 9.67. The summed E-state index contributed by atoms with van der Waals surface area (Å²) in [6.07, 6.45) is 5.88. The highest BCUT2D eigenvalue weighted by Gasteiger charge is 2.09. The first kappa shape index (κ1) is 16.7. The summed E-state index contributed by atoms with van der Waals surface area (Å²) in [5.74, 6) is 0.143. The maximum absolute atomic E-state index is 11.8. The van der Waals surface area contributed by atoms with Crippen LogP contribution >= 0.6 is 0 Å². The predicted octanol–water partition coefficient (Wildman–Crippen LogP) is 3.34. The van der Waals surface area contributed by atoms with Crippen LogP contribution in [-0.2, 0) is 11.2 Å². The highest BCUT2D eigenvalue weighted by Crippen LogP contribution is 2.14. The number of aryl methyl sites for hydroxylation is 1. The Bertz CT molecular complexity index is 386. The number of carbonyl (C=O) groups is 1. The van der Waals surface area contributed by atoms with E-state index >= 15 is 0 Å². The molecule has 1 aromatic carbocycles. The Balaban J connectivity index is 2.29. The molecule has 0 radical (unpaired) electrons. The van der Waals surface area contributed by atoms with Crippen molar-refractivity contribution in [1.82, 2.24) is 5.32 Å². The molecule has 0 saturated heterocycles. The Kier molecular flexibility index (Phi) is 7.97. The number of nitrogens with one attached hydrogen (secondary N) is 1. The zero-order chi connectivity index (χ0) is 14.8. The van der Waals surface area contributed by atoms with Crippen molar-refractivity contribution in [1.29, 1.82) is 0 Å². The van der Waals surface area contributed by atoms with E-state index in [2.05, 4.69) is 36.5 Å². The lowest BCUT2D eigenvalue weighted by Crippen LogP contribution is -2.26. The molecule has 0 aliphatic rings. The predicted molar refractivity (Wildman–Crippen MR) is 84.5 cm³/mol. The van der Waals surface area contributed by atoms with Crippen molar-refractivity contribution in [3.8, 4) is 0 Å². The molecule has 3 N–H and O–H groups in total. The molecule has 112 valence electrons. The smallest absolute Gasteiger partial charge is 0.220 e. The monoisotopic (exact) mass is 276 g/mol. The maximum Gasteiger partial charge on any atom is 0.220 e. The van der Waals surface area contributed by atoms with Crippen LogP contribution in [0.3, 0.4) is 0 Å². The molecule has 0 aliphatic carbocycles. The summed E-state index contributed by atoms with van der Waals surface area (Å²) in [6, 6.07) is 8.54. The second kappa shape index (κ2) is 9.54. The van der Waals surface area contributed by atoms with E-state index in [1.54, 1.807) is 0 Å². The average Bonchev–Trinajstić information content (AvgIpc) is 2.47. The molecule has 1 amide bonds. The van der Waals surface area contributed by atoms with Gasteiger partial charge in [-0.1, -0.05) is 44.0 Å². The molecular weight excluding hydrogens is 248 g/mol. The Morgan fingerprint density at radius 1 is 1.15 bits per heavy atom. The highest BCUT2D eigenvalue weighted by atomic mass is 16.1. The number of unbranched alkanes of at least 4 members (excludes halogenated alkanes) is 3. The fourth-order valence-electron chi connectivity index (χ4n) is 2.22. The van der Waals surface area contributed by atoms with Gasteiger partial charge in [0.05, 0.1) is 6.04 Å². The van der Waals surface area contributed by atoms with Gasteiger partial charge in [0.1, 0.15) is 0 Å². The largest absolute Gasteiger partial charge is 0.350 e. The van der Waals surface area contributed by atoms with Gasteiger partial charge < -0.3 is 11.1 Å². The third-order valence-corrected chi connectivity index (χ3v) is 3.62. The van der Waals surface area contributed by atoms with E-state index in [4.69, 9.17) is 5.73 Å². The molecule has 1 aromatic rings. The van der Waals surface area contributed by atoms with Gasteiger partial charge in [-0.15, -0.1) is 0 Å². The van der Waals surface area contributed by atoms with Crippen molar-refractivity contribution in [2.45, 2.75) is 58.4 Å². The van der Waals surface area contributed by atoms with Crippen LogP contribution in [0.15, 0.2) is 24.3 Å². The van der Waals surface area contributed by atoms with Crippen LogP contribution in [0.1, 0.15) is 63.1 Å². The van der Waals surface area contributed by atoms with Gasteiger partial charge in [-0.2, -0.15) is 0 Å². The van der Waals surface area contributed by atoms with Crippen molar-refractivity contribution in [3.63, 3.8) is 0 Å². The number of benzene rings is 1. The lowest BCUT2D eigenvalue weighted by molar-refractivity contribution is -0.121. The van der Waals surface area contributed by atoms with Gasteiger partial charge in [-0.25, -0.2) is 0 Å². The number of rotatable bonds is 9. The van der Waals surface area contributed by atoms with Crippen molar-refractivity contribution in [2.75, 3.05) is 6.54 Å². The van der Waals surface area contributed by atoms with Gasteiger partial charge in [-0.3, -0.25) is 4.79 Å². The molecular formula is C17H28N2O. The van der Waals surface area contributed by atoms with Gasteiger partial charge in [0.15, 0.2) is 0 Å². The summed E-state index contributed by atoms with van der Waals surface area (Å²) >= 11 is 0. The Morgan fingerprint density at radius 3 is 2.40 bits per heavy atom. The normalized spacial score (nSPS) is 12.2. The van der Waals surface area contributed by atoms with E-state index in [1.165, 1.54) is 11.1 Å². The summed E-state index contributed by atoms with van der Waals surface area (Å²) in [5, 5.41) is 3.06. The zero-order valence-corrected chi connectivity index (χ0v) is 12.8. The molecule has 1 unspecified atom stereocenters. The number of amides is 1. The molecule has 1 atom stereocenters. The molecule has 0 fully saturated rings. The molecule has 3 nitrogen and oxygen atoms in total. The van der Waals surface area contributed by atoms with Gasteiger partial charge in [0, 0.05) is 6.42 Å². The van der Waals surface area contributed by atoms with Crippen molar-refractivity contribution in [2.24, 2.45) is 5.73 Å². The SMILES string of the molecule is CCc1ccc(C(C)NC(=O)CCCCCCN)cc1. The van der Waals surface area contributed by atoms with Gasteiger partial charge in [0.2, 0.25) is 5.91 Å². The van der Waals surface area contributed by atoms with Crippen molar-refractivity contribution < 1.29 is 4.79 Å². The minimum atomic E-state index is 0.0810. The average molecular weight is 276 g/mol. The lowest BCUT2D eigenvalue weighted by Gasteiger charge is -2.14. The molecule has 3 heteroatoms. The fourth-order valence-corrected chi connectivity index (χ4v) is 2.22. The Morgan fingerprint density at radius 2 is 1.80 bits per heavy atom. The van der Waals surface area contributed by atoms with Crippen LogP contribution in [0.25, 0.3) is 0 Å². The Labute approximate surface area is 122 Å². The minimum absolute atomic E-state index is 0.0810. The zero-order valence-electron chi connectivity index (χ0n) is 12.8. The lowest BCUT2D eigenvalue weighted by atomic mass is 10.0. The van der Waals surface area contributed by atoms with E-state index in [-0.39, 0.29) is 11.9 Å². The van der Waals surface area contributed by atoms with E-state index in [0.717, 1.165) is 38.6 Å². The molecule has 0 heterocycles. The fraction of sp³-hybridized carbons (Fsp3) is 0.588. The Hall–Kier alpha value is -1.35. The summed E-state index contributed by atoms with van der Waals surface area (Å²) in [6.45, 7) is 4.93.